The SMILES string of the molecule is CCNC(=NCC(O)c1ccc(C)cc1)N1CCN(CC(=O)N2CCCCC2)CC1.I. The summed E-state index contributed by atoms with van der Waals surface area (Å²) in [6, 6.07) is 7.94. The number of aliphatic hydroxyl groups is 1. The third kappa shape index (κ3) is 7.91. The van der Waals surface area contributed by atoms with Gasteiger partial charge in [-0.15, -0.1) is 24.0 Å². The van der Waals surface area contributed by atoms with Crippen molar-refractivity contribution in [3.63, 3.8) is 0 Å². The molecular weight excluding hydrogens is 505 g/mol. The number of piperidine rings is 1. The Labute approximate surface area is 203 Å². The molecule has 3 rings (SSSR count). The number of aryl methyl sites for hydroxylation is 1. The van der Waals surface area contributed by atoms with E-state index in [1.165, 1.54) is 12.0 Å². The predicted octanol–water partition coefficient (Wildman–Crippen LogP) is 2.24. The lowest BCUT2D eigenvalue weighted by Crippen LogP contribution is -2.54. The first-order valence-electron chi connectivity index (χ1n) is 11.3. The predicted molar refractivity (Wildman–Crippen MR) is 136 cm³/mol. The molecular formula is C23H38IN5O2. The van der Waals surface area contributed by atoms with Gasteiger partial charge < -0.3 is 20.2 Å². The number of aliphatic hydroxyl groups excluding tert-OH is 1. The van der Waals surface area contributed by atoms with Crippen LogP contribution in [-0.4, -0.2) is 90.6 Å². The molecule has 0 bridgehead atoms. The van der Waals surface area contributed by atoms with E-state index in [4.69, 9.17) is 0 Å². The molecule has 1 amide bonds. The minimum Gasteiger partial charge on any atom is -0.386 e. The molecule has 7 nitrogen and oxygen atoms in total. The van der Waals surface area contributed by atoms with Gasteiger partial charge in [-0.25, -0.2) is 0 Å². The Kier molecular flexibility index (Phi) is 11.0. The number of nitrogens with one attached hydrogen (secondary N) is 1. The fraction of sp³-hybridized carbons (Fsp3) is 0.652. The number of likely N-dealkylation sites (tertiary alicyclic amines) is 1. The number of amides is 1. The van der Waals surface area contributed by atoms with Crippen molar-refractivity contribution in [1.82, 2.24) is 20.0 Å². The molecule has 174 valence electrons. The maximum absolute atomic E-state index is 12.5. The third-order valence-electron chi connectivity index (χ3n) is 5.95. The van der Waals surface area contributed by atoms with Crippen LogP contribution in [0.1, 0.15) is 43.4 Å². The highest BCUT2D eigenvalue weighted by atomic mass is 127. The van der Waals surface area contributed by atoms with Crippen molar-refractivity contribution in [2.75, 3.05) is 58.9 Å². The van der Waals surface area contributed by atoms with Gasteiger partial charge in [0.1, 0.15) is 0 Å². The number of benzene rings is 1. The minimum absolute atomic E-state index is 0. The topological polar surface area (TPSA) is 71.4 Å². The zero-order valence-electron chi connectivity index (χ0n) is 18.9. The number of halogens is 1. The molecule has 2 heterocycles. The van der Waals surface area contributed by atoms with Gasteiger partial charge in [0.05, 0.1) is 19.2 Å². The first kappa shape index (κ1) is 25.9. The lowest BCUT2D eigenvalue weighted by atomic mass is 10.1. The number of rotatable bonds is 6. The van der Waals surface area contributed by atoms with Gasteiger partial charge in [0, 0.05) is 45.8 Å². The number of aliphatic imine (C=N–C) groups is 1. The van der Waals surface area contributed by atoms with Crippen molar-refractivity contribution in [3.05, 3.63) is 35.4 Å². The Bertz CT molecular complexity index is 698. The van der Waals surface area contributed by atoms with Gasteiger partial charge in [-0.2, -0.15) is 0 Å². The molecule has 8 heteroatoms. The average Bonchev–Trinajstić information content (AvgIpc) is 2.78. The fourth-order valence-electron chi connectivity index (χ4n) is 4.05. The molecule has 2 N–H and O–H groups in total. The summed E-state index contributed by atoms with van der Waals surface area (Å²) in [7, 11) is 0. The number of hydrogen-bond donors (Lipinski definition) is 2. The smallest absolute Gasteiger partial charge is 0.236 e. The van der Waals surface area contributed by atoms with E-state index < -0.39 is 6.10 Å². The van der Waals surface area contributed by atoms with Gasteiger partial charge in [0.2, 0.25) is 5.91 Å². The number of carbonyl (C=O) groups is 1. The molecule has 0 aliphatic carbocycles. The standard InChI is InChI=1S/C23H37N5O2.HI/c1-3-24-23(25-17-21(29)20-9-7-19(2)8-10-20)28-15-13-26(14-16-28)18-22(30)27-11-5-4-6-12-27;/h7-10,21,29H,3-6,11-18H2,1-2H3,(H,24,25);1H. The minimum atomic E-state index is -0.609. The van der Waals surface area contributed by atoms with Crippen molar-refractivity contribution < 1.29 is 9.90 Å². The average molecular weight is 543 g/mol. The van der Waals surface area contributed by atoms with Gasteiger partial charge in [0.25, 0.3) is 0 Å². The van der Waals surface area contributed by atoms with Crippen LogP contribution in [-0.2, 0) is 4.79 Å². The zero-order chi connectivity index (χ0) is 21.3. The van der Waals surface area contributed by atoms with Gasteiger partial charge >= 0.3 is 0 Å². The highest BCUT2D eigenvalue weighted by Gasteiger charge is 2.24. The van der Waals surface area contributed by atoms with E-state index >= 15 is 0 Å². The first-order valence-corrected chi connectivity index (χ1v) is 11.3. The van der Waals surface area contributed by atoms with Gasteiger partial charge in [0.15, 0.2) is 5.96 Å². The molecule has 2 saturated heterocycles. The molecule has 1 unspecified atom stereocenters. The Balaban J connectivity index is 0.00000341. The van der Waals surface area contributed by atoms with Crippen LogP contribution in [0, 0.1) is 6.92 Å². The zero-order valence-corrected chi connectivity index (χ0v) is 21.3. The van der Waals surface area contributed by atoms with Crippen molar-refractivity contribution in [2.24, 2.45) is 4.99 Å². The molecule has 1 aromatic carbocycles. The number of piperazine rings is 1. The molecule has 31 heavy (non-hydrogen) atoms. The maximum atomic E-state index is 12.5. The van der Waals surface area contributed by atoms with Crippen LogP contribution < -0.4 is 5.32 Å². The summed E-state index contributed by atoms with van der Waals surface area (Å²) in [6.45, 7) is 10.9. The number of guanidine groups is 1. The quantitative estimate of drug-likeness (QED) is 0.327. The van der Waals surface area contributed by atoms with Gasteiger partial charge in [-0.3, -0.25) is 14.7 Å². The van der Waals surface area contributed by atoms with Crippen molar-refractivity contribution in [1.29, 1.82) is 0 Å². The summed E-state index contributed by atoms with van der Waals surface area (Å²) in [4.78, 5) is 23.7. The summed E-state index contributed by atoms with van der Waals surface area (Å²) >= 11 is 0. The first-order chi connectivity index (χ1) is 14.6. The second-order valence-electron chi connectivity index (χ2n) is 8.33. The van der Waals surface area contributed by atoms with Crippen molar-refractivity contribution in [2.45, 2.75) is 39.2 Å². The van der Waals surface area contributed by atoms with E-state index in [9.17, 15) is 9.90 Å². The summed E-state index contributed by atoms with van der Waals surface area (Å²) in [5.74, 6) is 1.11. The second kappa shape index (κ2) is 13.2. The third-order valence-corrected chi connectivity index (χ3v) is 5.95. The molecule has 2 aliphatic heterocycles. The van der Waals surface area contributed by atoms with Crippen LogP contribution in [0.4, 0.5) is 0 Å². The Morgan fingerprint density at radius 3 is 2.29 bits per heavy atom. The van der Waals surface area contributed by atoms with Crippen molar-refractivity contribution in [3.8, 4) is 0 Å². The van der Waals surface area contributed by atoms with Gasteiger partial charge in [-0.05, 0) is 38.7 Å². The lowest BCUT2D eigenvalue weighted by molar-refractivity contribution is -0.133. The molecule has 1 aromatic rings. The van der Waals surface area contributed by atoms with Crippen LogP contribution in [0.25, 0.3) is 0 Å². The van der Waals surface area contributed by atoms with E-state index in [0.717, 1.165) is 70.2 Å². The molecule has 0 saturated carbocycles. The van der Waals surface area contributed by atoms with E-state index in [1.807, 2.05) is 36.1 Å². The summed E-state index contributed by atoms with van der Waals surface area (Å²) in [5, 5.41) is 13.8. The Morgan fingerprint density at radius 2 is 1.68 bits per heavy atom. The largest absolute Gasteiger partial charge is 0.386 e. The molecule has 0 spiro atoms. The summed E-state index contributed by atoms with van der Waals surface area (Å²) in [5.41, 5.74) is 2.07. The van der Waals surface area contributed by atoms with E-state index in [-0.39, 0.29) is 29.9 Å². The number of nitrogens with zero attached hydrogens (tertiary/aromatic N) is 4. The van der Waals surface area contributed by atoms with Gasteiger partial charge in [-0.1, -0.05) is 29.8 Å². The molecule has 0 radical (unpaired) electrons. The Morgan fingerprint density at radius 1 is 1.03 bits per heavy atom. The summed E-state index contributed by atoms with van der Waals surface area (Å²) in [6.07, 6.45) is 2.91. The lowest BCUT2D eigenvalue weighted by Gasteiger charge is -2.37. The molecule has 2 fully saturated rings. The fourth-order valence-corrected chi connectivity index (χ4v) is 4.05. The molecule has 2 aliphatic rings. The van der Waals surface area contributed by atoms with E-state index in [2.05, 4.69) is 27.0 Å². The van der Waals surface area contributed by atoms with E-state index in [1.54, 1.807) is 0 Å². The summed E-state index contributed by atoms with van der Waals surface area (Å²) < 4.78 is 0. The highest BCUT2D eigenvalue weighted by Crippen LogP contribution is 2.14. The van der Waals surface area contributed by atoms with Crippen molar-refractivity contribution >= 4 is 35.8 Å². The Hall–Kier alpha value is -1.39. The van der Waals surface area contributed by atoms with Crippen LogP contribution in [0.5, 0.6) is 0 Å². The highest BCUT2D eigenvalue weighted by molar-refractivity contribution is 14.0. The number of carbonyl (C=O) groups excluding carboxylic acids is 1. The monoisotopic (exact) mass is 543 g/mol. The normalized spacial score (nSPS) is 19.0. The maximum Gasteiger partial charge on any atom is 0.236 e. The molecule has 1 atom stereocenters. The van der Waals surface area contributed by atoms with Crippen LogP contribution >= 0.6 is 24.0 Å². The second-order valence-corrected chi connectivity index (χ2v) is 8.33. The van der Waals surface area contributed by atoms with Crippen LogP contribution in [0.2, 0.25) is 0 Å². The van der Waals surface area contributed by atoms with E-state index in [0.29, 0.717) is 13.1 Å². The van der Waals surface area contributed by atoms with Crippen LogP contribution in [0.15, 0.2) is 29.3 Å². The van der Waals surface area contributed by atoms with Crippen LogP contribution in [0.3, 0.4) is 0 Å². The molecule has 0 aromatic heterocycles. The number of hydrogen-bond acceptors (Lipinski definition) is 4.